The molecule has 1 aliphatic rings. The molecule has 1 aliphatic heterocycles. The Morgan fingerprint density at radius 2 is 2.07 bits per heavy atom. The van der Waals surface area contributed by atoms with Crippen LogP contribution in [0.1, 0.15) is 12.8 Å². The van der Waals surface area contributed by atoms with Gasteiger partial charge in [0.1, 0.15) is 0 Å². The maximum absolute atomic E-state index is 5.81. The number of rotatable bonds is 7. The minimum atomic E-state index is 0.311. The van der Waals surface area contributed by atoms with Gasteiger partial charge in [-0.25, -0.2) is 0 Å². The summed E-state index contributed by atoms with van der Waals surface area (Å²) >= 11 is 0. The average molecular weight is 216 g/mol. The lowest BCUT2D eigenvalue weighted by atomic mass is 10.2. The molecule has 4 nitrogen and oxygen atoms in total. The van der Waals surface area contributed by atoms with Gasteiger partial charge in [0.25, 0.3) is 0 Å². The van der Waals surface area contributed by atoms with Crippen LogP contribution in [0.3, 0.4) is 0 Å². The minimum Gasteiger partial charge on any atom is -0.377 e. The van der Waals surface area contributed by atoms with Crippen LogP contribution >= 0.6 is 0 Å². The summed E-state index contributed by atoms with van der Waals surface area (Å²) in [5, 5.41) is 3.14. The lowest BCUT2D eigenvalue weighted by molar-refractivity contribution is -0.0159. The summed E-state index contributed by atoms with van der Waals surface area (Å²) in [7, 11) is 6.07. The highest BCUT2D eigenvalue weighted by atomic mass is 16.5. The van der Waals surface area contributed by atoms with E-state index in [4.69, 9.17) is 9.47 Å². The zero-order valence-corrected chi connectivity index (χ0v) is 10.2. The molecule has 0 radical (unpaired) electrons. The second-order valence-corrected chi connectivity index (χ2v) is 4.39. The van der Waals surface area contributed by atoms with E-state index in [1.165, 1.54) is 0 Å². The van der Waals surface area contributed by atoms with Gasteiger partial charge in [0.05, 0.1) is 25.4 Å². The summed E-state index contributed by atoms with van der Waals surface area (Å²) in [5.41, 5.74) is 0. The molecule has 0 saturated carbocycles. The highest BCUT2D eigenvalue weighted by Crippen LogP contribution is 2.19. The molecule has 2 atom stereocenters. The van der Waals surface area contributed by atoms with E-state index in [0.29, 0.717) is 12.2 Å². The van der Waals surface area contributed by atoms with Crippen LogP contribution in [0.5, 0.6) is 0 Å². The van der Waals surface area contributed by atoms with Crippen LogP contribution in [0, 0.1) is 0 Å². The van der Waals surface area contributed by atoms with Crippen molar-refractivity contribution < 1.29 is 9.47 Å². The first-order valence-corrected chi connectivity index (χ1v) is 5.75. The zero-order chi connectivity index (χ0) is 11.1. The van der Waals surface area contributed by atoms with Gasteiger partial charge in [0, 0.05) is 13.1 Å². The summed E-state index contributed by atoms with van der Waals surface area (Å²) in [6, 6.07) is 0. The third-order valence-corrected chi connectivity index (χ3v) is 2.61. The minimum absolute atomic E-state index is 0.311. The van der Waals surface area contributed by atoms with Gasteiger partial charge < -0.3 is 19.7 Å². The van der Waals surface area contributed by atoms with Crippen molar-refractivity contribution >= 4 is 0 Å². The van der Waals surface area contributed by atoms with E-state index in [9.17, 15) is 0 Å². The SMILES string of the molecule is CNCC1CCC(COCCN(C)C)O1. The van der Waals surface area contributed by atoms with Gasteiger partial charge in [-0.05, 0) is 34.0 Å². The van der Waals surface area contributed by atoms with Crippen LogP contribution in [0.2, 0.25) is 0 Å². The van der Waals surface area contributed by atoms with E-state index in [1.807, 2.05) is 7.05 Å². The van der Waals surface area contributed by atoms with Crippen molar-refractivity contribution in [2.24, 2.45) is 0 Å². The first kappa shape index (κ1) is 12.9. The maximum atomic E-state index is 5.81. The molecule has 0 aromatic heterocycles. The molecule has 90 valence electrons. The fourth-order valence-corrected chi connectivity index (χ4v) is 1.74. The largest absolute Gasteiger partial charge is 0.377 e. The quantitative estimate of drug-likeness (QED) is 0.622. The Labute approximate surface area is 92.9 Å². The predicted octanol–water partition coefficient (Wildman–Crippen LogP) is 0.332. The van der Waals surface area contributed by atoms with Gasteiger partial charge in [0.2, 0.25) is 0 Å². The van der Waals surface area contributed by atoms with Gasteiger partial charge in [0.15, 0.2) is 0 Å². The molecule has 2 unspecified atom stereocenters. The monoisotopic (exact) mass is 216 g/mol. The normalized spacial score (nSPS) is 26.4. The fraction of sp³-hybridized carbons (Fsp3) is 1.00. The molecule has 0 aromatic carbocycles. The lowest BCUT2D eigenvalue weighted by Gasteiger charge is -2.15. The Balaban J connectivity index is 1.99. The molecule has 0 amide bonds. The predicted molar refractivity (Wildman–Crippen MR) is 61.2 cm³/mol. The molecule has 1 N–H and O–H groups in total. The number of hydrogen-bond donors (Lipinski definition) is 1. The summed E-state index contributed by atoms with van der Waals surface area (Å²) < 4.78 is 11.4. The van der Waals surface area contributed by atoms with Gasteiger partial charge >= 0.3 is 0 Å². The van der Waals surface area contributed by atoms with E-state index in [2.05, 4.69) is 24.3 Å². The summed E-state index contributed by atoms with van der Waals surface area (Å²) in [6.45, 7) is 3.47. The Hall–Kier alpha value is -0.160. The summed E-state index contributed by atoms with van der Waals surface area (Å²) in [6.07, 6.45) is 2.99. The molecule has 1 heterocycles. The average Bonchev–Trinajstić information content (AvgIpc) is 2.61. The van der Waals surface area contributed by atoms with Crippen molar-refractivity contribution in [1.82, 2.24) is 10.2 Å². The molecule has 4 heteroatoms. The molecule has 1 saturated heterocycles. The molecule has 0 bridgehead atoms. The Bertz CT molecular complexity index is 165. The highest BCUT2D eigenvalue weighted by Gasteiger charge is 2.24. The number of hydrogen-bond acceptors (Lipinski definition) is 4. The van der Waals surface area contributed by atoms with Crippen LogP contribution in [0.4, 0.5) is 0 Å². The molecule has 0 aromatic rings. The van der Waals surface area contributed by atoms with E-state index in [-0.39, 0.29) is 0 Å². The van der Waals surface area contributed by atoms with Crippen LogP contribution in [0.25, 0.3) is 0 Å². The fourth-order valence-electron chi connectivity index (χ4n) is 1.74. The molecular weight excluding hydrogens is 192 g/mol. The molecule has 0 spiro atoms. The molecule has 0 aliphatic carbocycles. The highest BCUT2D eigenvalue weighted by molar-refractivity contribution is 4.74. The van der Waals surface area contributed by atoms with E-state index < -0.39 is 0 Å². The third kappa shape index (κ3) is 5.47. The van der Waals surface area contributed by atoms with Crippen molar-refractivity contribution in [2.75, 3.05) is 47.4 Å². The van der Waals surface area contributed by atoms with E-state index in [0.717, 1.165) is 39.1 Å². The Morgan fingerprint density at radius 1 is 1.33 bits per heavy atom. The second-order valence-electron chi connectivity index (χ2n) is 4.39. The molecule has 15 heavy (non-hydrogen) atoms. The van der Waals surface area contributed by atoms with Crippen molar-refractivity contribution in [3.05, 3.63) is 0 Å². The standard InChI is InChI=1S/C11H24N2O2/c1-12-8-10-4-5-11(15-10)9-14-7-6-13(2)3/h10-12H,4-9H2,1-3H3. The van der Waals surface area contributed by atoms with Crippen molar-refractivity contribution in [2.45, 2.75) is 25.0 Å². The van der Waals surface area contributed by atoms with Gasteiger partial charge in [-0.15, -0.1) is 0 Å². The van der Waals surface area contributed by atoms with Gasteiger partial charge in [-0.1, -0.05) is 0 Å². The van der Waals surface area contributed by atoms with Crippen LogP contribution in [-0.4, -0.2) is 64.6 Å². The number of nitrogens with one attached hydrogen (secondary N) is 1. The van der Waals surface area contributed by atoms with E-state index >= 15 is 0 Å². The van der Waals surface area contributed by atoms with E-state index in [1.54, 1.807) is 0 Å². The summed E-state index contributed by atoms with van der Waals surface area (Å²) in [4.78, 5) is 2.12. The van der Waals surface area contributed by atoms with Gasteiger partial charge in [-0.2, -0.15) is 0 Å². The van der Waals surface area contributed by atoms with Crippen LogP contribution in [0.15, 0.2) is 0 Å². The number of nitrogens with zero attached hydrogens (tertiary/aromatic N) is 1. The van der Waals surface area contributed by atoms with Crippen LogP contribution in [-0.2, 0) is 9.47 Å². The summed E-state index contributed by atoms with van der Waals surface area (Å²) in [5.74, 6) is 0. The molecular formula is C11H24N2O2. The third-order valence-electron chi connectivity index (χ3n) is 2.61. The lowest BCUT2D eigenvalue weighted by Crippen LogP contribution is -2.26. The van der Waals surface area contributed by atoms with Gasteiger partial charge in [-0.3, -0.25) is 0 Å². The molecule has 1 fully saturated rings. The Morgan fingerprint density at radius 3 is 2.73 bits per heavy atom. The van der Waals surface area contributed by atoms with Crippen molar-refractivity contribution in [1.29, 1.82) is 0 Å². The molecule has 1 rings (SSSR count). The maximum Gasteiger partial charge on any atom is 0.0813 e. The van der Waals surface area contributed by atoms with Crippen LogP contribution < -0.4 is 5.32 Å². The zero-order valence-electron chi connectivity index (χ0n) is 10.2. The van der Waals surface area contributed by atoms with Crippen molar-refractivity contribution in [3.8, 4) is 0 Å². The topological polar surface area (TPSA) is 33.7 Å². The second kappa shape index (κ2) is 7.17. The first-order chi connectivity index (χ1) is 7.22. The number of ether oxygens (including phenoxy) is 2. The number of likely N-dealkylation sites (N-methyl/N-ethyl adjacent to an activating group) is 2. The Kier molecular flexibility index (Phi) is 6.17. The first-order valence-electron chi connectivity index (χ1n) is 5.75. The smallest absolute Gasteiger partial charge is 0.0813 e. The van der Waals surface area contributed by atoms with Crippen molar-refractivity contribution in [3.63, 3.8) is 0 Å².